The summed E-state index contributed by atoms with van der Waals surface area (Å²) in [6, 6.07) is 8.71. The first-order valence-electron chi connectivity index (χ1n) is 5.64. The minimum atomic E-state index is 0.143. The predicted octanol–water partition coefficient (Wildman–Crippen LogP) is 2.87. The number of aromatic hydroxyl groups is 1. The highest BCUT2D eigenvalue weighted by Crippen LogP contribution is 2.19. The van der Waals surface area contributed by atoms with Crippen molar-refractivity contribution in [1.82, 2.24) is 10.4 Å². The van der Waals surface area contributed by atoms with Gasteiger partial charge in [0.05, 0.1) is 18.1 Å². The molecule has 0 spiro atoms. The summed E-state index contributed by atoms with van der Waals surface area (Å²) >= 11 is 8.40. The molecule has 0 unspecified atom stereocenters. The molecule has 0 aliphatic heterocycles. The third-order valence-corrected chi connectivity index (χ3v) is 2.97. The number of benzene rings is 1. The van der Waals surface area contributed by atoms with E-state index < -0.39 is 0 Å². The largest absolute Gasteiger partial charge is 0.507 e. The fraction of sp³-hybridized carbons (Fsp3) is 0. The number of hydrogen-bond acceptors (Lipinski definition) is 4. The maximum absolute atomic E-state index is 9.64. The van der Waals surface area contributed by atoms with Gasteiger partial charge < -0.3 is 10.4 Å². The van der Waals surface area contributed by atoms with Gasteiger partial charge in [-0.15, -0.1) is 0 Å². The molecule has 5 nitrogen and oxygen atoms in total. The van der Waals surface area contributed by atoms with Gasteiger partial charge >= 0.3 is 0 Å². The van der Waals surface area contributed by atoms with Gasteiger partial charge in [0.25, 0.3) is 0 Å². The molecule has 0 saturated heterocycles. The minimum Gasteiger partial charge on any atom is -0.507 e. The Hall–Kier alpha value is -1.99. The third kappa shape index (κ3) is 4.29. The van der Waals surface area contributed by atoms with E-state index in [2.05, 4.69) is 36.8 Å². The molecule has 1 aromatic carbocycles. The number of pyridine rings is 1. The van der Waals surface area contributed by atoms with Crippen molar-refractivity contribution in [3.8, 4) is 5.75 Å². The van der Waals surface area contributed by atoms with E-state index in [1.165, 1.54) is 6.21 Å². The van der Waals surface area contributed by atoms with Crippen LogP contribution in [0, 0.1) is 0 Å². The highest BCUT2D eigenvalue weighted by atomic mass is 79.9. The fourth-order valence-electron chi connectivity index (χ4n) is 1.38. The van der Waals surface area contributed by atoms with Crippen molar-refractivity contribution >= 4 is 45.2 Å². The molecule has 0 atom stereocenters. The topological polar surface area (TPSA) is 69.5 Å². The van der Waals surface area contributed by atoms with Crippen LogP contribution in [-0.2, 0) is 0 Å². The van der Waals surface area contributed by atoms with Gasteiger partial charge in [-0.1, -0.05) is 15.9 Å². The van der Waals surface area contributed by atoms with E-state index in [1.54, 1.807) is 36.7 Å². The molecule has 0 radical (unpaired) electrons. The van der Waals surface area contributed by atoms with E-state index in [4.69, 9.17) is 12.2 Å². The smallest absolute Gasteiger partial charge is 0.191 e. The molecule has 20 heavy (non-hydrogen) atoms. The van der Waals surface area contributed by atoms with Crippen LogP contribution in [0.5, 0.6) is 5.75 Å². The Labute approximate surface area is 129 Å². The van der Waals surface area contributed by atoms with Gasteiger partial charge in [-0.05, 0) is 42.5 Å². The van der Waals surface area contributed by atoms with Crippen molar-refractivity contribution in [3.05, 3.63) is 52.8 Å². The molecule has 0 saturated carbocycles. The van der Waals surface area contributed by atoms with E-state index in [-0.39, 0.29) is 5.75 Å². The molecular weight excluding hydrogens is 340 g/mol. The van der Waals surface area contributed by atoms with E-state index in [0.717, 1.165) is 10.2 Å². The number of aromatic nitrogens is 1. The second-order valence-corrected chi connectivity index (χ2v) is 5.09. The standard InChI is InChI=1S/C13H11BrN4OS/c14-10-3-4-12(19)9(6-10)7-16-18-13(20)17-11-2-1-5-15-8-11/h1-8,19H,(H2,17,18,20). The molecule has 0 fully saturated rings. The average molecular weight is 351 g/mol. The Kier molecular flexibility index (Phi) is 5.03. The van der Waals surface area contributed by atoms with Gasteiger partial charge in [0.15, 0.2) is 5.11 Å². The van der Waals surface area contributed by atoms with E-state index in [0.29, 0.717) is 10.7 Å². The first-order valence-corrected chi connectivity index (χ1v) is 6.84. The number of nitrogens with zero attached hydrogens (tertiary/aromatic N) is 2. The number of halogens is 1. The molecule has 0 bridgehead atoms. The molecule has 0 aliphatic rings. The molecule has 0 amide bonds. The highest BCUT2D eigenvalue weighted by Gasteiger charge is 1.99. The second-order valence-electron chi connectivity index (χ2n) is 3.77. The van der Waals surface area contributed by atoms with Crippen molar-refractivity contribution < 1.29 is 5.11 Å². The summed E-state index contributed by atoms with van der Waals surface area (Å²) in [5.41, 5.74) is 4.01. The maximum atomic E-state index is 9.64. The molecule has 2 aromatic rings. The number of hydrogen-bond donors (Lipinski definition) is 3. The Balaban J connectivity index is 1.93. The number of phenolic OH excluding ortho intramolecular Hbond substituents is 1. The first kappa shape index (κ1) is 14.4. The molecule has 1 aromatic heterocycles. The number of anilines is 1. The van der Waals surface area contributed by atoms with Gasteiger partial charge in [0.2, 0.25) is 0 Å². The summed E-state index contributed by atoms with van der Waals surface area (Å²) in [5, 5.41) is 16.9. The zero-order chi connectivity index (χ0) is 14.4. The number of phenols is 1. The number of rotatable bonds is 3. The SMILES string of the molecule is Oc1ccc(Br)cc1C=NNC(=S)Nc1cccnc1. The van der Waals surface area contributed by atoms with Crippen LogP contribution in [0.1, 0.15) is 5.56 Å². The normalized spacial score (nSPS) is 10.4. The van der Waals surface area contributed by atoms with Gasteiger partial charge in [-0.2, -0.15) is 5.10 Å². The van der Waals surface area contributed by atoms with Crippen LogP contribution >= 0.6 is 28.1 Å². The number of nitrogens with one attached hydrogen (secondary N) is 2. The molecule has 102 valence electrons. The Morgan fingerprint density at radius 2 is 2.25 bits per heavy atom. The lowest BCUT2D eigenvalue weighted by molar-refractivity contribution is 0.474. The highest BCUT2D eigenvalue weighted by molar-refractivity contribution is 9.10. The van der Waals surface area contributed by atoms with Crippen molar-refractivity contribution in [3.63, 3.8) is 0 Å². The molecular formula is C13H11BrN4OS. The summed E-state index contributed by atoms with van der Waals surface area (Å²) < 4.78 is 0.854. The molecule has 0 aliphatic carbocycles. The van der Waals surface area contributed by atoms with Crippen LogP contribution in [0.4, 0.5) is 5.69 Å². The van der Waals surface area contributed by atoms with Crippen LogP contribution in [0.2, 0.25) is 0 Å². The second kappa shape index (κ2) is 6.97. The number of thiocarbonyl (C=S) groups is 1. The average Bonchev–Trinajstić information content (AvgIpc) is 2.44. The fourth-order valence-corrected chi connectivity index (χ4v) is 1.93. The molecule has 2 rings (SSSR count). The molecule has 3 N–H and O–H groups in total. The number of hydrazone groups is 1. The van der Waals surface area contributed by atoms with E-state index >= 15 is 0 Å². The van der Waals surface area contributed by atoms with Crippen molar-refractivity contribution in [2.24, 2.45) is 5.10 Å². The zero-order valence-electron chi connectivity index (χ0n) is 10.2. The summed E-state index contributed by atoms with van der Waals surface area (Å²) in [5.74, 6) is 0.143. The van der Waals surface area contributed by atoms with Crippen molar-refractivity contribution in [1.29, 1.82) is 0 Å². The quantitative estimate of drug-likeness (QED) is 0.451. The lowest BCUT2D eigenvalue weighted by atomic mass is 10.2. The lowest BCUT2D eigenvalue weighted by Crippen LogP contribution is -2.23. The summed E-state index contributed by atoms with van der Waals surface area (Å²) in [4.78, 5) is 3.96. The maximum Gasteiger partial charge on any atom is 0.191 e. The summed E-state index contributed by atoms with van der Waals surface area (Å²) in [6.07, 6.45) is 4.81. The van der Waals surface area contributed by atoms with Crippen molar-refractivity contribution in [2.45, 2.75) is 0 Å². The Morgan fingerprint density at radius 1 is 1.40 bits per heavy atom. The van der Waals surface area contributed by atoms with E-state index in [9.17, 15) is 5.11 Å². The zero-order valence-corrected chi connectivity index (χ0v) is 12.6. The molecule has 1 heterocycles. The first-order chi connectivity index (χ1) is 9.65. The Morgan fingerprint density at radius 3 is 3.00 bits per heavy atom. The van der Waals surface area contributed by atoms with Crippen LogP contribution < -0.4 is 10.7 Å². The van der Waals surface area contributed by atoms with Gasteiger partial charge in [-0.3, -0.25) is 10.4 Å². The monoisotopic (exact) mass is 350 g/mol. The van der Waals surface area contributed by atoms with Crippen LogP contribution in [0.3, 0.4) is 0 Å². The molecule has 7 heteroatoms. The van der Waals surface area contributed by atoms with Crippen LogP contribution in [-0.4, -0.2) is 21.4 Å². The minimum absolute atomic E-state index is 0.143. The predicted molar refractivity (Wildman–Crippen MR) is 87.0 cm³/mol. The van der Waals surface area contributed by atoms with E-state index in [1.807, 2.05) is 6.07 Å². The van der Waals surface area contributed by atoms with Crippen LogP contribution in [0.15, 0.2) is 52.3 Å². The lowest BCUT2D eigenvalue weighted by Gasteiger charge is -2.06. The Bertz CT molecular complexity index is 634. The van der Waals surface area contributed by atoms with Crippen molar-refractivity contribution in [2.75, 3.05) is 5.32 Å². The summed E-state index contributed by atoms with van der Waals surface area (Å²) in [7, 11) is 0. The van der Waals surface area contributed by atoms with Crippen LogP contribution in [0.25, 0.3) is 0 Å². The van der Waals surface area contributed by atoms with Gasteiger partial charge in [-0.25, -0.2) is 0 Å². The van der Waals surface area contributed by atoms with Gasteiger partial charge in [0.1, 0.15) is 5.75 Å². The summed E-state index contributed by atoms with van der Waals surface area (Å²) in [6.45, 7) is 0. The van der Waals surface area contributed by atoms with Gasteiger partial charge in [0, 0.05) is 16.2 Å². The third-order valence-electron chi connectivity index (χ3n) is 2.28.